The first kappa shape index (κ1) is 12.5. The van der Waals surface area contributed by atoms with Crippen LogP contribution in [0.15, 0.2) is 11.8 Å². The Morgan fingerprint density at radius 1 is 1.44 bits per heavy atom. The maximum absolute atomic E-state index is 11.5. The molecule has 16 heavy (non-hydrogen) atoms. The second-order valence-corrected chi connectivity index (χ2v) is 3.72. The zero-order chi connectivity index (χ0) is 11.8. The fourth-order valence-electron chi connectivity index (χ4n) is 1.45. The van der Waals surface area contributed by atoms with E-state index >= 15 is 0 Å². The zero-order valence-corrected chi connectivity index (χ0v) is 9.20. The first-order chi connectivity index (χ1) is 7.70. The molecule has 90 valence electrons. The second-order valence-electron chi connectivity index (χ2n) is 3.72. The lowest BCUT2D eigenvalue weighted by molar-refractivity contribution is -0.137. The molecule has 0 bridgehead atoms. The van der Waals surface area contributed by atoms with Crippen molar-refractivity contribution in [3.8, 4) is 0 Å². The number of rotatable bonds is 6. The number of nitrogens with one attached hydrogen (secondary N) is 1. The monoisotopic (exact) mass is 227 g/mol. The van der Waals surface area contributed by atoms with Crippen molar-refractivity contribution >= 4 is 11.9 Å². The molecular weight excluding hydrogens is 210 g/mol. The summed E-state index contributed by atoms with van der Waals surface area (Å²) in [5, 5.41) is 11.2. The Hall–Kier alpha value is -1.52. The lowest BCUT2D eigenvalue weighted by Crippen LogP contribution is -2.27. The highest BCUT2D eigenvalue weighted by Gasteiger charge is 2.12. The van der Waals surface area contributed by atoms with Gasteiger partial charge >= 0.3 is 5.97 Å². The Morgan fingerprint density at radius 3 is 2.88 bits per heavy atom. The van der Waals surface area contributed by atoms with Gasteiger partial charge in [0.15, 0.2) is 0 Å². The molecule has 1 rings (SSSR count). The Morgan fingerprint density at radius 2 is 2.25 bits per heavy atom. The van der Waals surface area contributed by atoms with Crippen molar-refractivity contribution in [2.24, 2.45) is 0 Å². The first-order valence-corrected chi connectivity index (χ1v) is 5.51. The van der Waals surface area contributed by atoms with Gasteiger partial charge in [0.2, 0.25) is 5.91 Å². The molecule has 1 heterocycles. The predicted octanol–water partition coefficient (Wildman–Crippen LogP) is 1.05. The summed E-state index contributed by atoms with van der Waals surface area (Å²) in [5.41, 5.74) is 0.671. The second kappa shape index (κ2) is 6.87. The Balaban J connectivity index is 2.10. The van der Waals surface area contributed by atoms with Crippen LogP contribution in [0.5, 0.6) is 0 Å². The highest BCUT2D eigenvalue weighted by molar-refractivity contribution is 5.93. The molecule has 0 aromatic heterocycles. The van der Waals surface area contributed by atoms with Crippen LogP contribution in [0.1, 0.15) is 32.1 Å². The summed E-state index contributed by atoms with van der Waals surface area (Å²) >= 11 is 0. The van der Waals surface area contributed by atoms with Gasteiger partial charge in [0.25, 0.3) is 0 Å². The minimum atomic E-state index is -0.797. The lowest BCUT2D eigenvalue weighted by Gasteiger charge is -2.13. The van der Waals surface area contributed by atoms with Crippen LogP contribution < -0.4 is 5.32 Å². The van der Waals surface area contributed by atoms with E-state index < -0.39 is 5.97 Å². The van der Waals surface area contributed by atoms with Crippen molar-refractivity contribution in [3.63, 3.8) is 0 Å². The number of unbranched alkanes of at least 4 members (excludes halogenated alkanes) is 1. The topological polar surface area (TPSA) is 75.6 Å². The third-order valence-electron chi connectivity index (χ3n) is 2.33. The summed E-state index contributed by atoms with van der Waals surface area (Å²) in [4.78, 5) is 21.8. The number of carbonyl (C=O) groups is 2. The predicted molar refractivity (Wildman–Crippen MR) is 57.8 cm³/mol. The summed E-state index contributed by atoms with van der Waals surface area (Å²) in [5.74, 6) is -0.898. The summed E-state index contributed by atoms with van der Waals surface area (Å²) in [6, 6.07) is 0. The summed E-state index contributed by atoms with van der Waals surface area (Å²) < 4.78 is 5.06. The van der Waals surface area contributed by atoms with Crippen LogP contribution in [0.4, 0.5) is 0 Å². The van der Waals surface area contributed by atoms with E-state index in [1.807, 2.05) is 0 Å². The minimum Gasteiger partial charge on any atom is -0.501 e. The number of amides is 1. The maximum Gasteiger partial charge on any atom is 0.303 e. The number of hydrogen-bond acceptors (Lipinski definition) is 3. The molecule has 0 aromatic rings. The number of carboxylic acid groups (broad SMARTS) is 1. The molecule has 5 heteroatoms. The smallest absolute Gasteiger partial charge is 0.303 e. The summed E-state index contributed by atoms with van der Waals surface area (Å²) in [6.07, 6.45) is 4.56. The van der Waals surface area contributed by atoms with Crippen LogP contribution in [0, 0.1) is 0 Å². The average Bonchev–Trinajstić information content (AvgIpc) is 2.29. The van der Waals surface area contributed by atoms with Crippen molar-refractivity contribution < 1.29 is 19.4 Å². The highest BCUT2D eigenvalue weighted by Crippen LogP contribution is 2.11. The van der Waals surface area contributed by atoms with Gasteiger partial charge in [-0.1, -0.05) is 0 Å². The van der Waals surface area contributed by atoms with Gasteiger partial charge in [-0.05, 0) is 25.7 Å². The van der Waals surface area contributed by atoms with Gasteiger partial charge in [0.05, 0.1) is 18.4 Å². The van der Waals surface area contributed by atoms with E-state index in [1.165, 1.54) is 6.26 Å². The molecule has 0 aromatic carbocycles. The zero-order valence-electron chi connectivity index (χ0n) is 9.20. The summed E-state index contributed by atoms with van der Waals surface area (Å²) in [7, 11) is 0. The van der Waals surface area contributed by atoms with Crippen LogP contribution in [-0.2, 0) is 14.3 Å². The number of aliphatic carboxylic acids is 1. The molecule has 0 aliphatic carbocycles. The van der Waals surface area contributed by atoms with Crippen LogP contribution in [0.25, 0.3) is 0 Å². The van der Waals surface area contributed by atoms with Gasteiger partial charge in [-0.3, -0.25) is 9.59 Å². The molecule has 5 nitrogen and oxygen atoms in total. The molecule has 0 radical (unpaired) electrons. The molecule has 0 atom stereocenters. The van der Waals surface area contributed by atoms with Crippen LogP contribution in [-0.4, -0.2) is 30.1 Å². The van der Waals surface area contributed by atoms with Gasteiger partial charge in [-0.25, -0.2) is 0 Å². The van der Waals surface area contributed by atoms with E-state index in [-0.39, 0.29) is 12.3 Å². The first-order valence-electron chi connectivity index (χ1n) is 5.51. The fourth-order valence-corrected chi connectivity index (χ4v) is 1.45. The number of carboxylic acids is 1. The van der Waals surface area contributed by atoms with E-state index in [1.54, 1.807) is 0 Å². The van der Waals surface area contributed by atoms with E-state index in [0.717, 1.165) is 12.8 Å². The summed E-state index contributed by atoms with van der Waals surface area (Å²) in [6.45, 7) is 1.19. The van der Waals surface area contributed by atoms with Gasteiger partial charge in [-0.2, -0.15) is 0 Å². The molecule has 0 fully saturated rings. The molecule has 1 aliphatic heterocycles. The Labute approximate surface area is 94.5 Å². The van der Waals surface area contributed by atoms with Gasteiger partial charge < -0.3 is 15.2 Å². The van der Waals surface area contributed by atoms with Crippen molar-refractivity contribution in [1.82, 2.24) is 5.32 Å². The molecule has 0 saturated heterocycles. The molecule has 2 N–H and O–H groups in total. The van der Waals surface area contributed by atoms with E-state index in [2.05, 4.69) is 5.32 Å². The molecule has 0 saturated carbocycles. The quantitative estimate of drug-likeness (QED) is 0.665. The van der Waals surface area contributed by atoms with Crippen LogP contribution >= 0.6 is 0 Å². The van der Waals surface area contributed by atoms with Gasteiger partial charge in [0, 0.05) is 13.0 Å². The van der Waals surface area contributed by atoms with Crippen molar-refractivity contribution in [3.05, 3.63) is 11.8 Å². The van der Waals surface area contributed by atoms with Gasteiger partial charge in [-0.15, -0.1) is 0 Å². The highest BCUT2D eigenvalue weighted by atomic mass is 16.5. The van der Waals surface area contributed by atoms with Crippen LogP contribution in [0.3, 0.4) is 0 Å². The lowest BCUT2D eigenvalue weighted by atomic mass is 10.1. The van der Waals surface area contributed by atoms with Gasteiger partial charge in [0.1, 0.15) is 0 Å². The standard InChI is InChI=1S/C11H17NO4/c13-10(14)5-1-2-6-12-11(15)9-4-3-7-16-8-9/h8H,1-7H2,(H,12,15)(H,13,14). The molecule has 1 amide bonds. The Kier molecular flexibility index (Phi) is 5.39. The van der Waals surface area contributed by atoms with Crippen molar-refractivity contribution in [1.29, 1.82) is 0 Å². The van der Waals surface area contributed by atoms with Crippen molar-refractivity contribution in [2.45, 2.75) is 32.1 Å². The Bertz CT molecular complexity index is 286. The number of ether oxygens (including phenoxy) is 1. The van der Waals surface area contributed by atoms with E-state index in [9.17, 15) is 9.59 Å². The molecule has 0 spiro atoms. The molecule has 0 unspecified atom stereocenters. The minimum absolute atomic E-state index is 0.102. The molecule has 1 aliphatic rings. The third-order valence-corrected chi connectivity index (χ3v) is 2.33. The normalized spacial score (nSPS) is 14.9. The third kappa shape index (κ3) is 4.82. The SMILES string of the molecule is O=C(O)CCCCNC(=O)C1=COCCC1. The largest absolute Gasteiger partial charge is 0.501 e. The molecular formula is C11H17NO4. The van der Waals surface area contributed by atoms with Crippen LogP contribution in [0.2, 0.25) is 0 Å². The maximum atomic E-state index is 11.5. The van der Waals surface area contributed by atoms with E-state index in [0.29, 0.717) is 31.6 Å². The fraction of sp³-hybridized carbons (Fsp3) is 0.636. The van der Waals surface area contributed by atoms with Crippen molar-refractivity contribution in [2.75, 3.05) is 13.2 Å². The van der Waals surface area contributed by atoms with E-state index in [4.69, 9.17) is 9.84 Å². The number of carbonyl (C=O) groups excluding carboxylic acids is 1. The number of hydrogen-bond donors (Lipinski definition) is 2. The average molecular weight is 227 g/mol.